The van der Waals surface area contributed by atoms with E-state index in [-0.39, 0.29) is 23.6 Å². The van der Waals surface area contributed by atoms with Gasteiger partial charge in [-0.2, -0.15) is 0 Å². The summed E-state index contributed by atoms with van der Waals surface area (Å²) in [6, 6.07) is 1.05. The van der Waals surface area contributed by atoms with Crippen LogP contribution in [0.5, 0.6) is 0 Å². The largest absolute Gasteiger partial charge is 0.393 e. The number of alkyl halides is 2. The molecule has 0 aliphatic carbocycles. The van der Waals surface area contributed by atoms with Crippen LogP contribution in [-0.2, 0) is 5.41 Å². The van der Waals surface area contributed by atoms with Gasteiger partial charge in [0, 0.05) is 18.3 Å². The van der Waals surface area contributed by atoms with Crippen molar-refractivity contribution in [3.8, 4) is 0 Å². The van der Waals surface area contributed by atoms with Gasteiger partial charge in [-0.15, -0.1) is 0 Å². The molecule has 1 aromatic heterocycles. The molecule has 3 heterocycles. The summed E-state index contributed by atoms with van der Waals surface area (Å²) in [4.78, 5) is 5.90. The monoisotopic (exact) mass is 327 g/mol. The average Bonchev–Trinajstić information content (AvgIpc) is 2.70. The van der Waals surface area contributed by atoms with E-state index in [1.54, 1.807) is 11.1 Å². The van der Waals surface area contributed by atoms with Crippen LogP contribution in [0.25, 0.3) is 0 Å². The van der Waals surface area contributed by atoms with E-state index in [1.165, 1.54) is 6.07 Å². The number of fused-ring (bicyclic) bond motifs is 2. The van der Waals surface area contributed by atoms with Crippen molar-refractivity contribution in [2.24, 2.45) is 5.73 Å². The van der Waals surface area contributed by atoms with Crippen LogP contribution < -0.4 is 5.73 Å². The second-order valence-corrected chi connectivity index (χ2v) is 6.29. The fourth-order valence-electron chi connectivity index (χ4n) is 3.57. The van der Waals surface area contributed by atoms with Crippen molar-refractivity contribution in [3.05, 3.63) is 42.0 Å². The predicted molar refractivity (Wildman–Crippen MR) is 81.3 cm³/mol. The SMILES string of the molecule is NC(=S)[C@@]1(c2cncc(F)c2)C[C@H]2C=C[C@@H](C1)N2CC(F)F. The molecular weight excluding hydrogens is 311 g/mol. The zero-order valence-electron chi connectivity index (χ0n) is 11.8. The van der Waals surface area contributed by atoms with E-state index >= 15 is 0 Å². The van der Waals surface area contributed by atoms with Gasteiger partial charge in [0.2, 0.25) is 0 Å². The van der Waals surface area contributed by atoms with Crippen LogP contribution in [-0.4, -0.2) is 39.9 Å². The first-order chi connectivity index (χ1) is 10.4. The molecule has 3 atom stereocenters. The molecule has 1 fully saturated rings. The molecule has 118 valence electrons. The second kappa shape index (κ2) is 5.62. The normalized spacial score (nSPS) is 30.9. The number of halogens is 3. The lowest BCUT2D eigenvalue weighted by Gasteiger charge is -2.46. The van der Waals surface area contributed by atoms with Gasteiger partial charge in [0.05, 0.1) is 23.1 Å². The minimum absolute atomic E-state index is 0.169. The summed E-state index contributed by atoms with van der Waals surface area (Å²) in [5.74, 6) is -0.455. The first kappa shape index (κ1) is 15.4. The van der Waals surface area contributed by atoms with Gasteiger partial charge in [0.1, 0.15) is 5.82 Å². The molecule has 1 saturated heterocycles. The van der Waals surface area contributed by atoms with Crippen LogP contribution in [0.1, 0.15) is 18.4 Å². The quantitative estimate of drug-likeness (QED) is 0.681. The fraction of sp³-hybridized carbons (Fsp3) is 0.467. The maximum absolute atomic E-state index is 13.5. The maximum atomic E-state index is 13.5. The minimum Gasteiger partial charge on any atom is -0.393 e. The summed E-state index contributed by atoms with van der Waals surface area (Å²) in [6.07, 6.45) is 5.05. The Labute approximate surface area is 132 Å². The molecule has 2 N–H and O–H groups in total. The molecule has 0 saturated carbocycles. The summed E-state index contributed by atoms with van der Waals surface area (Å²) in [7, 11) is 0. The van der Waals surface area contributed by atoms with Crippen molar-refractivity contribution in [1.82, 2.24) is 9.88 Å². The number of hydrogen-bond acceptors (Lipinski definition) is 3. The summed E-state index contributed by atoms with van der Waals surface area (Å²) in [5.41, 5.74) is 5.88. The maximum Gasteiger partial charge on any atom is 0.251 e. The van der Waals surface area contributed by atoms with Gasteiger partial charge in [-0.05, 0) is 24.5 Å². The summed E-state index contributed by atoms with van der Waals surface area (Å²) in [6.45, 7) is -0.281. The molecule has 7 heteroatoms. The van der Waals surface area contributed by atoms with Gasteiger partial charge in [-0.1, -0.05) is 24.4 Å². The molecule has 2 bridgehead atoms. The van der Waals surface area contributed by atoms with Gasteiger partial charge >= 0.3 is 0 Å². The number of thiocarbonyl (C=S) groups is 1. The van der Waals surface area contributed by atoms with Gasteiger partial charge in [0.25, 0.3) is 6.43 Å². The number of piperidine rings is 1. The van der Waals surface area contributed by atoms with Gasteiger partial charge in [-0.3, -0.25) is 9.88 Å². The van der Waals surface area contributed by atoms with Crippen molar-refractivity contribution < 1.29 is 13.2 Å². The molecule has 2 aliphatic rings. The Kier molecular flexibility index (Phi) is 3.94. The third kappa shape index (κ3) is 2.52. The Hall–Kier alpha value is -1.47. The molecule has 0 radical (unpaired) electrons. The first-order valence-corrected chi connectivity index (χ1v) is 7.46. The van der Waals surface area contributed by atoms with Crippen LogP contribution in [0.15, 0.2) is 30.6 Å². The van der Waals surface area contributed by atoms with Crippen molar-refractivity contribution >= 4 is 17.2 Å². The number of nitrogens with two attached hydrogens (primary N) is 1. The molecule has 0 aromatic carbocycles. The third-order valence-corrected chi connectivity index (χ3v) is 4.99. The van der Waals surface area contributed by atoms with Crippen LogP contribution >= 0.6 is 12.2 Å². The van der Waals surface area contributed by atoms with E-state index in [0.29, 0.717) is 18.4 Å². The highest BCUT2D eigenvalue weighted by Crippen LogP contribution is 2.45. The molecule has 22 heavy (non-hydrogen) atoms. The van der Waals surface area contributed by atoms with Crippen molar-refractivity contribution in [2.45, 2.75) is 36.8 Å². The Balaban J connectivity index is 1.94. The highest BCUT2D eigenvalue weighted by Gasteiger charge is 2.49. The summed E-state index contributed by atoms with van der Waals surface area (Å²) >= 11 is 5.25. The van der Waals surface area contributed by atoms with E-state index in [9.17, 15) is 13.2 Å². The molecule has 2 aliphatic heterocycles. The minimum atomic E-state index is -2.39. The number of aromatic nitrogens is 1. The highest BCUT2D eigenvalue weighted by atomic mass is 32.1. The Morgan fingerprint density at radius 1 is 1.36 bits per heavy atom. The van der Waals surface area contributed by atoms with Gasteiger partial charge in [0.15, 0.2) is 0 Å². The molecule has 0 spiro atoms. The van der Waals surface area contributed by atoms with Crippen molar-refractivity contribution in [3.63, 3.8) is 0 Å². The lowest BCUT2D eigenvalue weighted by molar-refractivity contribution is 0.0399. The fourth-order valence-corrected chi connectivity index (χ4v) is 3.86. The van der Waals surface area contributed by atoms with Gasteiger partial charge < -0.3 is 5.73 Å². The van der Waals surface area contributed by atoms with E-state index < -0.39 is 17.7 Å². The van der Waals surface area contributed by atoms with Crippen LogP contribution in [0.2, 0.25) is 0 Å². The second-order valence-electron chi connectivity index (χ2n) is 5.85. The first-order valence-electron chi connectivity index (χ1n) is 7.05. The number of pyridine rings is 1. The zero-order chi connectivity index (χ0) is 15.9. The number of nitrogens with zero attached hydrogens (tertiary/aromatic N) is 2. The zero-order valence-corrected chi connectivity index (χ0v) is 12.6. The van der Waals surface area contributed by atoms with Crippen LogP contribution in [0.3, 0.4) is 0 Å². The van der Waals surface area contributed by atoms with Crippen LogP contribution in [0.4, 0.5) is 13.2 Å². The summed E-state index contributed by atoms with van der Waals surface area (Å²) < 4.78 is 39.0. The Bertz CT molecular complexity index is 604. The third-order valence-electron chi connectivity index (χ3n) is 4.60. The molecule has 3 rings (SSSR count). The van der Waals surface area contributed by atoms with E-state index in [0.717, 1.165) is 6.20 Å². The number of rotatable bonds is 4. The molecule has 3 nitrogen and oxygen atoms in total. The Morgan fingerprint density at radius 2 is 2.00 bits per heavy atom. The topological polar surface area (TPSA) is 42.1 Å². The van der Waals surface area contributed by atoms with Crippen LogP contribution in [0, 0.1) is 5.82 Å². The molecular formula is C15H16F3N3S. The number of hydrogen-bond donors (Lipinski definition) is 1. The lowest BCUT2D eigenvalue weighted by Crippen LogP contribution is -2.55. The lowest BCUT2D eigenvalue weighted by atomic mass is 9.70. The Morgan fingerprint density at radius 3 is 2.50 bits per heavy atom. The van der Waals surface area contributed by atoms with E-state index in [1.807, 2.05) is 12.2 Å². The smallest absolute Gasteiger partial charge is 0.251 e. The average molecular weight is 327 g/mol. The van der Waals surface area contributed by atoms with E-state index in [4.69, 9.17) is 18.0 Å². The molecule has 0 amide bonds. The summed E-state index contributed by atoms with van der Waals surface area (Å²) in [5, 5.41) is 0. The predicted octanol–water partition coefficient (Wildman–Crippen LogP) is 2.41. The highest BCUT2D eigenvalue weighted by molar-refractivity contribution is 7.80. The van der Waals surface area contributed by atoms with Crippen molar-refractivity contribution in [1.29, 1.82) is 0 Å². The standard InChI is InChI=1S/C15H16F3N3S/c16-10-3-9(6-20-7-10)15(14(19)22)4-11-1-2-12(5-15)21(11)8-13(17)18/h1-3,6-7,11-13H,4-5,8H2,(H2,19,22)/t11-,12+,15+. The van der Waals surface area contributed by atoms with E-state index in [2.05, 4.69) is 4.98 Å². The molecule has 1 aromatic rings. The van der Waals surface area contributed by atoms with Crippen molar-refractivity contribution in [2.75, 3.05) is 6.54 Å². The van der Waals surface area contributed by atoms with Gasteiger partial charge in [-0.25, -0.2) is 13.2 Å². The molecule has 0 unspecified atom stereocenters.